The number of carbonyl (C=O) groups is 1. The number of rotatable bonds is 5. The Morgan fingerprint density at radius 3 is 2.74 bits per heavy atom. The van der Waals surface area contributed by atoms with Gasteiger partial charge in [-0.25, -0.2) is 0 Å². The minimum atomic E-state index is -0.238. The van der Waals surface area contributed by atoms with Crippen molar-refractivity contribution in [1.82, 2.24) is 25.6 Å². The zero-order valence-electron chi connectivity index (χ0n) is 13.3. The summed E-state index contributed by atoms with van der Waals surface area (Å²) >= 11 is 0. The molecule has 3 rings (SSSR count). The molecular weight excluding hydrogens is 298 g/mol. The van der Waals surface area contributed by atoms with Crippen molar-refractivity contribution in [1.29, 1.82) is 0 Å². The predicted molar refractivity (Wildman–Crippen MR) is 82.0 cm³/mol. The van der Waals surface area contributed by atoms with Gasteiger partial charge in [0, 0.05) is 19.6 Å². The lowest BCUT2D eigenvalue weighted by atomic mass is 10.1. The van der Waals surface area contributed by atoms with Crippen LogP contribution >= 0.6 is 0 Å². The molecule has 2 aromatic heterocycles. The van der Waals surface area contributed by atoms with Crippen LogP contribution in [0, 0.1) is 13.8 Å². The Hall–Kier alpha value is -2.19. The van der Waals surface area contributed by atoms with Gasteiger partial charge in [0.1, 0.15) is 11.5 Å². The molecule has 0 saturated carbocycles. The average molecular weight is 319 g/mol. The molecule has 2 N–H and O–H groups in total. The molecular formula is C15H21N5O3. The van der Waals surface area contributed by atoms with Crippen LogP contribution in [0.3, 0.4) is 0 Å². The van der Waals surface area contributed by atoms with E-state index in [2.05, 4.69) is 25.6 Å². The van der Waals surface area contributed by atoms with Gasteiger partial charge in [-0.15, -0.1) is 0 Å². The summed E-state index contributed by atoms with van der Waals surface area (Å²) in [6.07, 6.45) is 0. The van der Waals surface area contributed by atoms with Crippen LogP contribution in [0.5, 0.6) is 0 Å². The van der Waals surface area contributed by atoms with Crippen molar-refractivity contribution in [2.75, 3.05) is 32.8 Å². The van der Waals surface area contributed by atoms with E-state index < -0.39 is 0 Å². The molecule has 1 amide bonds. The number of nitrogens with zero attached hydrogens (tertiary/aromatic N) is 3. The molecule has 2 aromatic rings. The van der Waals surface area contributed by atoms with E-state index in [0.717, 1.165) is 24.6 Å². The molecule has 1 saturated heterocycles. The van der Waals surface area contributed by atoms with Crippen molar-refractivity contribution in [2.24, 2.45) is 0 Å². The molecule has 0 spiro atoms. The second-order valence-corrected chi connectivity index (χ2v) is 5.58. The summed E-state index contributed by atoms with van der Waals surface area (Å²) < 4.78 is 11.2. The van der Waals surface area contributed by atoms with Crippen LogP contribution in [0.4, 0.5) is 0 Å². The zero-order chi connectivity index (χ0) is 16.2. The summed E-state index contributed by atoms with van der Waals surface area (Å²) in [7, 11) is 0. The van der Waals surface area contributed by atoms with Crippen molar-refractivity contribution in [3.63, 3.8) is 0 Å². The number of aromatic nitrogens is 3. The van der Waals surface area contributed by atoms with E-state index in [4.69, 9.17) is 9.15 Å². The SMILES string of the molecule is Cc1ccc([C@H](CNC(=O)c2n[nH]nc2C)N2CCOCC2)o1. The van der Waals surface area contributed by atoms with Crippen LogP contribution in [0.15, 0.2) is 16.5 Å². The highest BCUT2D eigenvalue weighted by atomic mass is 16.5. The number of carbonyl (C=O) groups excluding carboxylic acids is 1. The number of aryl methyl sites for hydroxylation is 2. The molecule has 1 aliphatic heterocycles. The Kier molecular flexibility index (Phi) is 4.73. The van der Waals surface area contributed by atoms with Gasteiger partial charge in [-0.05, 0) is 26.0 Å². The first kappa shape index (κ1) is 15.7. The van der Waals surface area contributed by atoms with Gasteiger partial charge in [-0.2, -0.15) is 15.4 Å². The fourth-order valence-electron chi connectivity index (χ4n) is 2.70. The summed E-state index contributed by atoms with van der Waals surface area (Å²) in [5.74, 6) is 1.47. The highest BCUT2D eigenvalue weighted by Gasteiger charge is 2.26. The number of nitrogens with one attached hydrogen (secondary N) is 2. The van der Waals surface area contributed by atoms with E-state index in [9.17, 15) is 4.79 Å². The van der Waals surface area contributed by atoms with Crippen molar-refractivity contribution in [2.45, 2.75) is 19.9 Å². The third kappa shape index (κ3) is 3.59. The molecule has 1 fully saturated rings. The van der Waals surface area contributed by atoms with Gasteiger partial charge in [0.05, 0.1) is 24.9 Å². The summed E-state index contributed by atoms with van der Waals surface area (Å²) in [6.45, 7) is 7.09. The maximum absolute atomic E-state index is 12.2. The first-order valence-electron chi connectivity index (χ1n) is 7.69. The Morgan fingerprint density at radius 2 is 2.13 bits per heavy atom. The first-order chi connectivity index (χ1) is 11.1. The van der Waals surface area contributed by atoms with Gasteiger partial charge in [0.25, 0.3) is 5.91 Å². The van der Waals surface area contributed by atoms with Crippen LogP contribution < -0.4 is 5.32 Å². The number of amides is 1. The lowest BCUT2D eigenvalue weighted by Gasteiger charge is -2.33. The largest absolute Gasteiger partial charge is 0.465 e. The van der Waals surface area contributed by atoms with Gasteiger partial charge < -0.3 is 14.5 Å². The van der Waals surface area contributed by atoms with E-state index in [1.165, 1.54) is 0 Å². The monoisotopic (exact) mass is 319 g/mol. The zero-order valence-corrected chi connectivity index (χ0v) is 13.3. The molecule has 0 aliphatic carbocycles. The number of furan rings is 1. The second-order valence-electron chi connectivity index (χ2n) is 5.58. The summed E-state index contributed by atoms with van der Waals surface area (Å²) in [4.78, 5) is 14.5. The molecule has 0 radical (unpaired) electrons. The van der Waals surface area contributed by atoms with Crippen molar-refractivity contribution in [3.8, 4) is 0 Å². The molecule has 1 aliphatic rings. The number of hydrogen-bond acceptors (Lipinski definition) is 6. The number of aromatic amines is 1. The van der Waals surface area contributed by atoms with Crippen molar-refractivity contribution >= 4 is 5.91 Å². The average Bonchev–Trinajstić information content (AvgIpc) is 3.17. The number of morpholine rings is 1. The lowest BCUT2D eigenvalue weighted by molar-refractivity contribution is 0.0117. The fraction of sp³-hybridized carbons (Fsp3) is 0.533. The standard InChI is InChI=1S/C15H21N5O3/c1-10-3-4-13(23-10)12(20-5-7-22-8-6-20)9-16-15(21)14-11(2)17-19-18-14/h3-4,12H,5-9H2,1-2H3,(H,16,21)(H,17,18,19)/t12-/m0/s1. The highest BCUT2D eigenvalue weighted by molar-refractivity contribution is 5.93. The van der Waals surface area contributed by atoms with Gasteiger partial charge in [-0.3, -0.25) is 9.69 Å². The molecule has 8 nitrogen and oxygen atoms in total. The molecule has 1 atom stereocenters. The smallest absolute Gasteiger partial charge is 0.273 e. The van der Waals surface area contributed by atoms with Gasteiger partial charge in [0.15, 0.2) is 5.69 Å². The topological polar surface area (TPSA) is 96.3 Å². The molecule has 23 heavy (non-hydrogen) atoms. The summed E-state index contributed by atoms with van der Waals surface area (Å²) in [5.41, 5.74) is 0.903. The summed E-state index contributed by atoms with van der Waals surface area (Å²) in [6, 6.07) is 3.87. The predicted octanol–water partition coefficient (Wildman–Crippen LogP) is 0.818. The van der Waals surface area contributed by atoms with Crippen molar-refractivity contribution < 1.29 is 13.9 Å². The Labute approximate surface area is 134 Å². The van der Waals surface area contributed by atoms with Crippen LogP contribution in [0.25, 0.3) is 0 Å². The normalized spacial score (nSPS) is 17.1. The first-order valence-corrected chi connectivity index (χ1v) is 7.69. The van der Waals surface area contributed by atoms with E-state index >= 15 is 0 Å². The minimum Gasteiger partial charge on any atom is -0.465 e. The van der Waals surface area contributed by atoms with E-state index in [1.54, 1.807) is 6.92 Å². The van der Waals surface area contributed by atoms with Crippen LogP contribution in [-0.4, -0.2) is 59.1 Å². The molecule has 0 unspecified atom stereocenters. The van der Waals surface area contributed by atoms with Gasteiger partial charge in [0.2, 0.25) is 0 Å². The Morgan fingerprint density at radius 1 is 1.35 bits per heavy atom. The Bertz CT molecular complexity index is 660. The van der Waals surface area contributed by atoms with Crippen LogP contribution in [0.2, 0.25) is 0 Å². The number of ether oxygens (including phenoxy) is 1. The summed E-state index contributed by atoms with van der Waals surface area (Å²) in [5, 5.41) is 13.1. The number of H-pyrrole nitrogens is 1. The van der Waals surface area contributed by atoms with Crippen molar-refractivity contribution in [3.05, 3.63) is 35.0 Å². The quantitative estimate of drug-likeness (QED) is 0.847. The highest BCUT2D eigenvalue weighted by Crippen LogP contribution is 2.23. The third-order valence-corrected chi connectivity index (χ3v) is 3.97. The maximum atomic E-state index is 12.2. The molecule has 0 bridgehead atoms. The minimum absolute atomic E-state index is 0.0243. The molecule has 124 valence electrons. The van der Waals surface area contributed by atoms with E-state index in [-0.39, 0.29) is 11.9 Å². The maximum Gasteiger partial charge on any atom is 0.273 e. The van der Waals surface area contributed by atoms with Gasteiger partial charge >= 0.3 is 0 Å². The molecule has 3 heterocycles. The van der Waals surface area contributed by atoms with E-state index in [1.807, 2.05) is 19.1 Å². The van der Waals surface area contributed by atoms with Crippen LogP contribution in [0.1, 0.15) is 33.7 Å². The molecule has 8 heteroatoms. The van der Waals surface area contributed by atoms with Crippen LogP contribution in [-0.2, 0) is 4.74 Å². The molecule has 0 aromatic carbocycles. The lowest BCUT2D eigenvalue weighted by Crippen LogP contribution is -2.43. The van der Waals surface area contributed by atoms with Gasteiger partial charge in [-0.1, -0.05) is 0 Å². The van der Waals surface area contributed by atoms with E-state index in [0.29, 0.717) is 31.1 Å². The fourth-order valence-corrected chi connectivity index (χ4v) is 2.70. The number of hydrogen-bond donors (Lipinski definition) is 2. The second kappa shape index (κ2) is 6.93. The third-order valence-electron chi connectivity index (χ3n) is 3.97. The Balaban J connectivity index is 1.71.